The number of amides is 2. The molecule has 1 unspecified atom stereocenters. The highest BCUT2D eigenvalue weighted by molar-refractivity contribution is 5.95. The molecule has 3 fully saturated rings. The van der Waals surface area contributed by atoms with E-state index in [4.69, 9.17) is 0 Å². The van der Waals surface area contributed by atoms with Crippen molar-refractivity contribution in [3.63, 3.8) is 0 Å². The zero-order valence-corrected chi connectivity index (χ0v) is 10.9. The van der Waals surface area contributed by atoms with E-state index in [1.807, 2.05) is 0 Å². The maximum Gasteiger partial charge on any atom is 0.245 e. The molecule has 0 aromatic rings. The Morgan fingerprint density at radius 2 is 1.83 bits per heavy atom. The van der Waals surface area contributed by atoms with Gasteiger partial charge in [0.05, 0.1) is 6.54 Å². The molecule has 18 heavy (non-hydrogen) atoms. The summed E-state index contributed by atoms with van der Waals surface area (Å²) in [4.78, 5) is 25.7. The van der Waals surface area contributed by atoms with Crippen LogP contribution in [-0.4, -0.2) is 35.8 Å². The van der Waals surface area contributed by atoms with Gasteiger partial charge in [-0.05, 0) is 31.1 Å². The quantitative estimate of drug-likeness (QED) is 0.817. The number of hydrogen-bond acceptors (Lipinski definition) is 2. The van der Waals surface area contributed by atoms with Crippen LogP contribution in [0.5, 0.6) is 0 Å². The fourth-order valence-electron chi connectivity index (χ4n) is 3.30. The zero-order valence-electron chi connectivity index (χ0n) is 10.9. The monoisotopic (exact) mass is 250 g/mol. The third-order valence-corrected chi connectivity index (χ3v) is 4.60. The Labute approximate surface area is 108 Å². The second kappa shape index (κ2) is 4.90. The lowest BCUT2D eigenvalue weighted by molar-refractivity contribution is -0.145. The van der Waals surface area contributed by atoms with Gasteiger partial charge in [0.2, 0.25) is 11.8 Å². The molecule has 1 N–H and O–H groups in total. The van der Waals surface area contributed by atoms with Gasteiger partial charge in [-0.15, -0.1) is 0 Å². The number of nitrogens with zero attached hydrogens (tertiary/aromatic N) is 1. The second-order valence-corrected chi connectivity index (χ2v) is 6.08. The van der Waals surface area contributed by atoms with Gasteiger partial charge >= 0.3 is 0 Å². The highest BCUT2D eigenvalue weighted by atomic mass is 16.2. The minimum absolute atomic E-state index is 0.0259. The molecular weight excluding hydrogens is 228 g/mol. The standard InChI is InChI=1S/C14H22N2O2/c17-12-9-16(8-7-10-3-1-2-4-10)14(18)13(15-12)11-5-6-11/h10-11,13H,1-9H2,(H,15,17). The summed E-state index contributed by atoms with van der Waals surface area (Å²) in [6.45, 7) is 1.05. The Morgan fingerprint density at radius 1 is 1.11 bits per heavy atom. The van der Waals surface area contributed by atoms with Crippen LogP contribution in [0.15, 0.2) is 0 Å². The molecule has 4 heteroatoms. The lowest BCUT2D eigenvalue weighted by Crippen LogP contribution is -2.59. The number of nitrogens with one attached hydrogen (secondary N) is 1. The molecular formula is C14H22N2O2. The summed E-state index contributed by atoms with van der Waals surface area (Å²) in [5.41, 5.74) is 0. The second-order valence-electron chi connectivity index (χ2n) is 6.08. The number of carbonyl (C=O) groups is 2. The molecule has 0 radical (unpaired) electrons. The van der Waals surface area contributed by atoms with Gasteiger partial charge in [-0.1, -0.05) is 25.7 Å². The molecule has 100 valence electrons. The predicted octanol–water partition coefficient (Wildman–Crippen LogP) is 1.30. The van der Waals surface area contributed by atoms with E-state index in [2.05, 4.69) is 5.32 Å². The Morgan fingerprint density at radius 3 is 2.50 bits per heavy atom. The minimum Gasteiger partial charge on any atom is -0.342 e. The van der Waals surface area contributed by atoms with Crippen LogP contribution in [0.1, 0.15) is 44.9 Å². The highest BCUT2D eigenvalue weighted by Gasteiger charge is 2.42. The first-order valence-electron chi connectivity index (χ1n) is 7.32. The number of hydrogen-bond donors (Lipinski definition) is 1. The van der Waals surface area contributed by atoms with Crippen LogP contribution in [0.2, 0.25) is 0 Å². The average Bonchev–Trinajstić information content (AvgIpc) is 3.06. The van der Waals surface area contributed by atoms with E-state index in [9.17, 15) is 9.59 Å². The molecule has 3 rings (SSSR count). The molecule has 3 aliphatic rings. The summed E-state index contributed by atoms with van der Waals surface area (Å²) in [7, 11) is 0. The first-order valence-corrected chi connectivity index (χ1v) is 7.32. The Kier molecular flexibility index (Phi) is 3.27. The van der Waals surface area contributed by atoms with Crippen LogP contribution in [-0.2, 0) is 9.59 Å². The van der Waals surface area contributed by atoms with E-state index in [-0.39, 0.29) is 24.4 Å². The molecule has 1 atom stereocenters. The SMILES string of the molecule is O=C1CN(CCC2CCCC2)C(=O)C(C2CC2)N1. The third kappa shape index (κ3) is 2.52. The van der Waals surface area contributed by atoms with Crippen molar-refractivity contribution < 1.29 is 9.59 Å². The Hall–Kier alpha value is -1.06. The summed E-state index contributed by atoms with van der Waals surface area (Å²) in [5, 5.41) is 2.86. The maximum absolute atomic E-state index is 12.3. The molecule has 1 heterocycles. The Balaban J connectivity index is 1.55. The molecule has 2 aliphatic carbocycles. The summed E-state index contributed by atoms with van der Waals surface area (Å²) in [5.74, 6) is 1.38. The Bertz CT molecular complexity index is 346. The van der Waals surface area contributed by atoms with Gasteiger partial charge in [-0.25, -0.2) is 0 Å². The van der Waals surface area contributed by atoms with Crippen LogP contribution in [0, 0.1) is 11.8 Å². The van der Waals surface area contributed by atoms with E-state index in [1.165, 1.54) is 25.7 Å². The first kappa shape index (κ1) is 12.0. The summed E-state index contributed by atoms with van der Waals surface area (Å²) < 4.78 is 0. The van der Waals surface area contributed by atoms with E-state index in [0.717, 1.165) is 31.7 Å². The van der Waals surface area contributed by atoms with Crippen molar-refractivity contribution in [3.8, 4) is 0 Å². The van der Waals surface area contributed by atoms with Crippen molar-refractivity contribution in [1.82, 2.24) is 10.2 Å². The molecule has 4 nitrogen and oxygen atoms in total. The van der Waals surface area contributed by atoms with Gasteiger partial charge in [0.15, 0.2) is 0 Å². The average molecular weight is 250 g/mol. The van der Waals surface area contributed by atoms with E-state index in [0.29, 0.717) is 5.92 Å². The van der Waals surface area contributed by atoms with Crippen LogP contribution in [0.4, 0.5) is 0 Å². The van der Waals surface area contributed by atoms with Gasteiger partial charge in [0.1, 0.15) is 6.04 Å². The smallest absolute Gasteiger partial charge is 0.245 e. The lowest BCUT2D eigenvalue weighted by Gasteiger charge is -2.33. The summed E-state index contributed by atoms with van der Waals surface area (Å²) in [6, 6.07) is -0.213. The number of rotatable bonds is 4. The van der Waals surface area contributed by atoms with Crippen molar-refractivity contribution in [1.29, 1.82) is 0 Å². The number of piperazine rings is 1. The van der Waals surface area contributed by atoms with Gasteiger partial charge < -0.3 is 10.2 Å². The molecule has 0 aromatic heterocycles. The molecule has 1 saturated heterocycles. The van der Waals surface area contributed by atoms with Gasteiger partial charge in [0, 0.05) is 6.54 Å². The van der Waals surface area contributed by atoms with E-state index >= 15 is 0 Å². The van der Waals surface area contributed by atoms with Crippen molar-refractivity contribution in [2.24, 2.45) is 11.8 Å². The molecule has 2 amide bonds. The van der Waals surface area contributed by atoms with Gasteiger partial charge in [-0.3, -0.25) is 9.59 Å². The number of carbonyl (C=O) groups excluding carboxylic acids is 2. The largest absolute Gasteiger partial charge is 0.342 e. The fourth-order valence-corrected chi connectivity index (χ4v) is 3.30. The van der Waals surface area contributed by atoms with Crippen LogP contribution < -0.4 is 5.32 Å². The molecule has 0 bridgehead atoms. The minimum atomic E-state index is -0.213. The van der Waals surface area contributed by atoms with Crippen LogP contribution >= 0.6 is 0 Å². The van der Waals surface area contributed by atoms with E-state index in [1.54, 1.807) is 4.90 Å². The molecule has 0 spiro atoms. The molecule has 2 saturated carbocycles. The van der Waals surface area contributed by atoms with Crippen molar-refractivity contribution in [2.45, 2.75) is 51.0 Å². The molecule has 0 aromatic carbocycles. The maximum atomic E-state index is 12.3. The van der Waals surface area contributed by atoms with Gasteiger partial charge in [0.25, 0.3) is 0 Å². The first-order chi connectivity index (χ1) is 8.74. The van der Waals surface area contributed by atoms with E-state index < -0.39 is 0 Å². The highest BCUT2D eigenvalue weighted by Crippen LogP contribution is 2.34. The zero-order chi connectivity index (χ0) is 12.5. The topological polar surface area (TPSA) is 49.4 Å². The van der Waals surface area contributed by atoms with Crippen molar-refractivity contribution in [3.05, 3.63) is 0 Å². The van der Waals surface area contributed by atoms with Crippen LogP contribution in [0.3, 0.4) is 0 Å². The summed E-state index contributed by atoms with van der Waals surface area (Å²) >= 11 is 0. The van der Waals surface area contributed by atoms with Gasteiger partial charge in [-0.2, -0.15) is 0 Å². The normalized spacial score (nSPS) is 29.8. The van der Waals surface area contributed by atoms with Crippen molar-refractivity contribution in [2.75, 3.05) is 13.1 Å². The lowest BCUT2D eigenvalue weighted by atomic mass is 10.0. The fraction of sp³-hybridized carbons (Fsp3) is 0.857. The third-order valence-electron chi connectivity index (χ3n) is 4.60. The summed E-state index contributed by atoms with van der Waals surface area (Å²) in [6.07, 6.45) is 8.55. The molecule has 1 aliphatic heterocycles. The van der Waals surface area contributed by atoms with Crippen molar-refractivity contribution >= 4 is 11.8 Å². The van der Waals surface area contributed by atoms with Crippen LogP contribution in [0.25, 0.3) is 0 Å². The predicted molar refractivity (Wildman–Crippen MR) is 67.8 cm³/mol.